The van der Waals surface area contributed by atoms with Crippen LogP contribution < -0.4 is 5.73 Å². The zero-order valence-corrected chi connectivity index (χ0v) is 8.46. The smallest absolute Gasteiger partial charge is 0.397 e. The van der Waals surface area contributed by atoms with Crippen molar-refractivity contribution >= 4 is 0 Å². The average molecular weight is 231 g/mol. The van der Waals surface area contributed by atoms with Crippen LogP contribution in [0.1, 0.15) is 24.3 Å². The van der Waals surface area contributed by atoms with Crippen LogP contribution in [-0.2, 0) is 0 Å². The molecule has 16 heavy (non-hydrogen) atoms. The lowest BCUT2D eigenvalue weighted by Crippen LogP contribution is -2.39. The number of nitrogens with two attached hydrogens (primary N) is 1. The SMILES string of the molecule is NC1(C(c2cccc(O)c2)C(F)(F)F)CC1. The Bertz CT molecular complexity index is 393. The van der Waals surface area contributed by atoms with Gasteiger partial charge in [-0.05, 0) is 30.5 Å². The second-order valence-electron chi connectivity index (χ2n) is 4.30. The summed E-state index contributed by atoms with van der Waals surface area (Å²) >= 11 is 0. The van der Waals surface area contributed by atoms with Crippen LogP contribution in [0.5, 0.6) is 5.75 Å². The molecule has 1 aromatic rings. The fraction of sp³-hybridized carbons (Fsp3) is 0.455. The molecule has 1 unspecified atom stereocenters. The highest BCUT2D eigenvalue weighted by molar-refractivity contribution is 5.35. The molecule has 1 aromatic carbocycles. The zero-order chi connectivity index (χ0) is 12.0. The van der Waals surface area contributed by atoms with Crippen LogP contribution in [-0.4, -0.2) is 16.8 Å². The van der Waals surface area contributed by atoms with Crippen molar-refractivity contribution in [2.45, 2.75) is 30.5 Å². The number of aromatic hydroxyl groups is 1. The molecule has 3 N–H and O–H groups in total. The van der Waals surface area contributed by atoms with Gasteiger partial charge in [0, 0.05) is 5.54 Å². The second-order valence-corrected chi connectivity index (χ2v) is 4.30. The highest BCUT2D eigenvalue weighted by Crippen LogP contribution is 2.52. The van der Waals surface area contributed by atoms with Gasteiger partial charge in [0.15, 0.2) is 0 Å². The Morgan fingerprint density at radius 2 is 1.94 bits per heavy atom. The maximum absolute atomic E-state index is 12.9. The Morgan fingerprint density at radius 3 is 2.38 bits per heavy atom. The van der Waals surface area contributed by atoms with Gasteiger partial charge in [-0.1, -0.05) is 12.1 Å². The second kappa shape index (κ2) is 3.38. The van der Waals surface area contributed by atoms with E-state index in [-0.39, 0.29) is 11.3 Å². The molecule has 1 atom stereocenters. The number of hydrogen-bond donors (Lipinski definition) is 2. The molecule has 2 nitrogen and oxygen atoms in total. The third-order valence-electron chi connectivity index (χ3n) is 2.93. The third-order valence-corrected chi connectivity index (χ3v) is 2.93. The van der Waals surface area contributed by atoms with Crippen LogP contribution in [0.2, 0.25) is 0 Å². The largest absolute Gasteiger partial charge is 0.508 e. The molecule has 0 saturated heterocycles. The fourth-order valence-electron chi connectivity index (χ4n) is 1.98. The number of halogens is 3. The third kappa shape index (κ3) is 2.00. The van der Waals surface area contributed by atoms with Gasteiger partial charge < -0.3 is 10.8 Å². The Morgan fingerprint density at radius 1 is 1.31 bits per heavy atom. The van der Waals surface area contributed by atoms with Gasteiger partial charge in [-0.15, -0.1) is 0 Å². The van der Waals surface area contributed by atoms with Crippen molar-refractivity contribution in [2.75, 3.05) is 0 Å². The van der Waals surface area contributed by atoms with Gasteiger partial charge in [0.25, 0.3) is 0 Å². The lowest BCUT2D eigenvalue weighted by Gasteiger charge is -2.26. The van der Waals surface area contributed by atoms with E-state index < -0.39 is 17.6 Å². The van der Waals surface area contributed by atoms with E-state index in [1.165, 1.54) is 18.2 Å². The maximum atomic E-state index is 12.9. The van der Waals surface area contributed by atoms with E-state index in [1.54, 1.807) is 0 Å². The zero-order valence-electron chi connectivity index (χ0n) is 8.46. The van der Waals surface area contributed by atoms with Crippen molar-refractivity contribution in [3.8, 4) is 5.75 Å². The number of rotatable bonds is 2. The summed E-state index contributed by atoms with van der Waals surface area (Å²) in [5.41, 5.74) is 4.50. The minimum atomic E-state index is -4.38. The first-order chi connectivity index (χ1) is 7.33. The fourth-order valence-corrected chi connectivity index (χ4v) is 1.98. The summed E-state index contributed by atoms with van der Waals surface area (Å²) in [7, 11) is 0. The predicted molar refractivity (Wildman–Crippen MR) is 53.1 cm³/mol. The summed E-state index contributed by atoms with van der Waals surface area (Å²) in [6, 6.07) is 5.22. The molecule has 0 amide bonds. The molecular weight excluding hydrogens is 219 g/mol. The summed E-state index contributed by atoms with van der Waals surface area (Å²) in [6.07, 6.45) is -3.64. The van der Waals surface area contributed by atoms with Gasteiger partial charge in [0.2, 0.25) is 0 Å². The monoisotopic (exact) mass is 231 g/mol. The van der Waals surface area contributed by atoms with Crippen LogP contribution in [0.4, 0.5) is 13.2 Å². The molecule has 0 aliphatic heterocycles. The summed E-state index contributed by atoms with van der Waals surface area (Å²) < 4.78 is 38.7. The van der Waals surface area contributed by atoms with Gasteiger partial charge in [-0.3, -0.25) is 0 Å². The van der Waals surface area contributed by atoms with E-state index in [2.05, 4.69) is 0 Å². The van der Waals surface area contributed by atoms with Gasteiger partial charge in [0.05, 0.1) is 5.92 Å². The van der Waals surface area contributed by atoms with Crippen LogP contribution in [0.3, 0.4) is 0 Å². The van der Waals surface area contributed by atoms with E-state index in [0.29, 0.717) is 12.8 Å². The minimum absolute atomic E-state index is 0.0347. The number of benzene rings is 1. The molecular formula is C11H12F3NO. The summed E-state index contributed by atoms with van der Waals surface area (Å²) in [5.74, 6) is -1.86. The van der Waals surface area contributed by atoms with Crippen molar-refractivity contribution in [3.05, 3.63) is 29.8 Å². The molecule has 0 radical (unpaired) electrons. The number of phenolic OH excluding ortho intramolecular Hbond substituents is 1. The van der Waals surface area contributed by atoms with Crippen molar-refractivity contribution in [3.63, 3.8) is 0 Å². The van der Waals surface area contributed by atoms with Gasteiger partial charge >= 0.3 is 6.18 Å². The van der Waals surface area contributed by atoms with Crippen molar-refractivity contribution in [1.29, 1.82) is 0 Å². The molecule has 88 valence electrons. The number of phenols is 1. The van der Waals surface area contributed by atoms with Crippen LogP contribution in [0, 0.1) is 0 Å². The average Bonchev–Trinajstić information content (AvgIpc) is 2.81. The summed E-state index contributed by atoms with van der Waals surface area (Å²) in [6.45, 7) is 0. The van der Waals surface area contributed by atoms with Crippen molar-refractivity contribution in [1.82, 2.24) is 0 Å². The number of alkyl halides is 3. The lowest BCUT2D eigenvalue weighted by molar-refractivity contribution is -0.157. The van der Waals surface area contributed by atoms with Crippen LogP contribution >= 0.6 is 0 Å². The molecule has 0 aromatic heterocycles. The maximum Gasteiger partial charge on any atom is 0.397 e. The van der Waals surface area contributed by atoms with Crippen LogP contribution in [0.15, 0.2) is 24.3 Å². The highest BCUT2D eigenvalue weighted by Gasteiger charge is 2.58. The summed E-state index contributed by atoms with van der Waals surface area (Å²) in [4.78, 5) is 0. The van der Waals surface area contributed by atoms with Crippen molar-refractivity contribution < 1.29 is 18.3 Å². The van der Waals surface area contributed by atoms with Gasteiger partial charge in [-0.2, -0.15) is 13.2 Å². The Balaban J connectivity index is 2.40. The molecule has 2 rings (SSSR count). The molecule has 1 aliphatic rings. The standard InChI is InChI=1S/C11H12F3NO/c12-11(13,14)9(10(15)4-5-10)7-2-1-3-8(16)6-7/h1-3,6,9,16H,4-5,15H2. The Labute approximate surface area is 90.9 Å². The number of hydrogen-bond acceptors (Lipinski definition) is 2. The Kier molecular flexibility index (Phi) is 2.38. The highest BCUT2D eigenvalue weighted by atomic mass is 19.4. The van der Waals surface area contributed by atoms with E-state index in [0.717, 1.165) is 6.07 Å². The molecule has 0 spiro atoms. The first kappa shape index (κ1) is 11.3. The van der Waals surface area contributed by atoms with E-state index >= 15 is 0 Å². The van der Waals surface area contributed by atoms with E-state index in [9.17, 15) is 18.3 Å². The first-order valence-electron chi connectivity index (χ1n) is 4.97. The van der Waals surface area contributed by atoms with E-state index in [4.69, 9.17) is 5.73 Å². The summed E-state index contributed by atoms with van der Waals surface area (Å²) in [5, 5.41) is 9.21. The molecule has 0 bridgehead atoms. The van der Waals surface area contributed by atoms with E-state index in [1.807, 2.05) is 0 Å². The van der Waals surface area contributed by atoms with Crippen molar-refractivity contribution in [2.24, 2.45) is 5.73 Å². The quantitative estimate of drug-likeness (QED) is 0.821. The molecule has 0 heterocycles. The van der Waals surface area contributed by atoms with Crippen LogP contribution in [0.25, 0.3) is 0 Å². The molecule has 1 aliphatic carbocycles. The Hall–Kier alpha value is -1.23. The molecule has 1 fully saturated rings. The minimum Gasteiger partial charge on any atom is -0.508 e. The first-order valence-corrected chi connectivity index (χ1v) is 4.97. The lowest BCUT2D eigenvalue weighted by atomic mass is 9.89. The predicted octanol–water partition coefficient (Wildman–Crippen LogP) is 2.53. The van der Waals surface area contributed by atoms with Gasteiger partial charge in [0.1, 0.15) is 5.75 Å². The topological polar surface area (TPSA) is 46.2 Å². The van der Waals surface area contributed by atoms with Gasteiger partial charge in [-0.25, -0.2) is 0 Å². The molecule has 1 saturated carbocycles. The molecule has 5 heteroatoms. The normalized spacial score (nSPS) is 20.5.